The lowest BCUT2D eigenvalue weighted by molar-refractivity contribution is 0.415. The van der Waals surface area contributed by atoms with Crippen LogP contribution in [-0.2, 0) is 6.54 Å². The molecule has 0 radical (unpaired) electrons. The summed E-state index contributed by atoms with van der Waals surface area (Å²) in [6.07, 6.45) is 4.29. The van der Waals surface area contributed by atoms with Crippen LogP contribution in [0.25, 0.3) is 22.6 Å². The van der Waals surface area contributed by atoms with Gasteiger partial charge >= 0.3 is 6.01 Å². The van der Waals surface area contributed by atoms with Crippen LogP contribution in [0.5, 0.6) is 5.75 Å². The zero-order valence-corrected chi connectivity index (χ0v) is 16.7. The molecule has 1 saturated heterocycles. The topological polar surface area (TPSA) is 82.1 Å². The quantitative estimate of drug-likeness (QED) is 0.487. The Bertz CT molecular complexity index is 1110. The zero-order valence-electron chi connectivity index (χ0n) is 16.7. The van der Waals surface area contributed by atoms with Crippen molar-refractivity contribution in [3.05, 3.63) is 60.3 Å². The molecule has 8 nitrogen and oxygen atoms in total. The molecule has 8 heteroatoms. The highest BCUT2D eigenvalue weighted by atomic mass is 16.5. The molecule has 0 N–H and O–H groups in total. The van der Waals surface area contributed by atoms with Crippen molar-refractivity contribution in [3.63, 3.8) is 0 Å². The molecule has 2 aromatic carbocycles. The smallest absolute Gasteiger partial charge is 0.324 e. The molecule has 5 rings (SSSR count). The summed E-state index contributed by atoms with van der Waals surface area (Å²) in [5.74, 6) is 1.44. The Kier molecular flexibility index (Phi) is 4.88. The van der Waals surface area contributed by atoms with Crippen molar-refractivity contribution in [3.8, 4) is 28.4 Å². The second-order valence-corrected chi connectivity index (χ2v) is 7.32. The normalized spacial score (nSPS) is 13.7. The molecule has 0 bridgehead atoms. The van der Waals surface area contributed by atoms with Gasteiger partial charge in [0.1, 0.15) is 11.4 Å². The van der Waals surface area contributed by atoms with E-state index in [-0.39, 0.29) is 0 Å². The monoisotopic (exact) mass is 402 g/mol. The third-order valence-corrected chi connectivity index (χ3v) is 5.27. The molecule has 0 spiro atoms. The van der Waals surface area contributed by atoms with E-state index in [1.165, 1.54) is 12.8 Å². The fourth-order valence-electron chi connectivity index (χ4n) is 3.59. The van der Waals surface area contributed by atoms with Crippen LogP contribution in [0.15, 0.2) is 59.3 Å². The van der Waals surface area contributed by atoms with Gasteiger partial charge in [-0.25, -0.2) is 4.68 Å². The Morgan fingerprint density at radius 3 is 2.43 bits per heavy atom. The number of benzene rings is 2. The molecule has 1 fully saturated rings. The summed E-state index contributed by atoms with van der Waals surface area (Å²) in [7, 11) is 1.65. The third kappa shape index (κ3) is 3.76. The first kappa shape index (κ1) is 18.4. The van der Waals surface area contributed by atoms with E-state index < -0.39 is 0 Å². The van der Waals surface area contributed by atoms with E-state index in [1.807, 2.05) is 47.3 Å². The number of hydrogen-bond donors (Lipinski definition) is 0. The molecule has 2 aromatic heterocycles. The highest BCUT2D eigenvalue weighted by molar-refractivity contribution is 5.59. The number of hydrogen-bond acceptors (Lipinski definition) is 7. The SMILES string of the molecule is COc1ccc(-c2cn(Cc3ccc(-c4noc(N5CCCC5)n4)cc3)nn2)cc1. The lowest BCUT2D eigenvalue weighted by Gasteiger charge is -2.09. The second kappa shape index (κ2) is 7.98. The van der Waals surface area contributed by atoms with Crippen molar-refractivity contribution < 1.29 is 9.26 Å². The van der Waals surface area contributed by atoms with Crippen molar-refractivity contribution in [1.82, 2.24) is 25.1 Å². The maximum Gasteiger partial charge on any atom is 0.324 e. The largest absolute Gasteiger partial charge is 0.497 e. The molecule has 0 unspecified atom stereocenters. The Labute approximate surface area is 174 Å². The van der Waals surface area contributed by atoms with Crippen molar-refractivity contribution in [2.45, 2.75) is 19.4 Å². The zero-order chi connectivity index (χ0) is 20.3. The van der Waals surface area contributed by atoms with Gasteiger partial charge in [-0.05, 0) is 42.7 Å². The van der Waals surface area contributed by atoms with E-state index in [4.69, 9.17) is 9.26 Å². The molecule has 3 heterocycles. The van der Waals surface area contributed by atoms with Crippen LogP contribution < -0.4 is 9.64 Å². The van der Waals surface area contributed by atoms with Crippen molar-refractivity contribution in [1.29, 1.82) is 0 Å². The first-order chi connectivity index (χ1) is 14.8. The number of nitrogens with zero attached hydrogens (tertiary/aromatic N) is 6. The maximum atomic E-state index is 5.42. The summed E-state index contributed by atoms with van der Waals surface area (Å²) in [5.41, 5.74) is 3.89. The molecule has 152 valence electrons. The van der Waals surface area contributed by atoms with Crippen LogP contribution in [0.1, 0.15) is 18.4 Å². The molecule has 1 aliphatic heterocycles. The van der Waals surface area contributed by atoms with Gasteiger partial charge in [0.25, 0.3) is 0 Å². The minimum Gasteiger partial charge on any atom is -0.497 e. The minimum absolute atomic E-state index is 0.611. The van der Waals surface area contributed by atoms with Gasteiger partial charge in [-0.2, -0.15) is 4.98 Å². The van der Waals surface area contributed by atoms with Gasteiger partial charge < -0.3 is 14.2 Å². The number of aromatic nitrogens is 5. The average molecular weight is 402 g/mol. The average Bonchev–Trinajstić information content (AvgIpc) is 3.55. The second-order valence-electron chi connectivity index (χ2n) is 7.32. The van der Waals surface area contributed by atoms with Gasteiger partial charge in [0.05, 0.1) is 19.9 Å². The molecule has 0 amide bonds. The summed E-state index contributed by atoms with van der Waals surface area (Å²) >= 11 is 0. The summed E-state index contributed by atoms with van der Waals surface area (Å²) in [4.78, 5) is 6.67. The van der Waals surface area contributed by atoms with Gasteiger partial charge in [-0.3, -0.25) is 0 Å². The van der Waals surface area contributed by atoms with Crippen LogP contribution in [0.4, 0.5) is 6.01 Å². The summed E-state index contributed by atoms with van der Waals surface area (Å²) in [6.45, 7) is 2.60. The van der Waals surface area contributed by atoms with E-state index in [2.05, 4.69) is 37.5 Å². The Morgan fingerprint density at radius 2 is 1.70 bits per heavy atom. The summed E-state index contributed by atoms with van der Waals surface area (Å²) in [5, 5.41) is 12.7. The first-order valence-corrected chi connectivity index (χ1v) is 10.0. The fourth-order valence-corrected chi connectivity index (χ4v) is 3.59. The van der Waals surface area contributed by atoms with Crippen molar-refractivity contribution in [2.75, 3.05) is 25.1 Å². The molecular weight excluding hydrogens is 380 g/mol. The van der Waals surface area contributed by atoms with Crippen LogP contribution in [0.2, 0.25) is 0 Å². The third-order valence-electron chi connectivity index (χ3n) is 5.27. The van der Waals surface area contributed by atoms with Gasteiger partial charge in [-0.15, -0.1) is 5.10 Å². The highest BCUT2D eigenvalue weighted by Gasteiger charge is 2.19. The standard InChI is InChI=1S/C22H22N6O2/c1-29-19-10-8-17(9-11-19)20-15-28(26-24-20)14-16-4-6-18(7-5-16)21-23-22(30-25-21)27-12-2-3-13-27/h4-11,15H,2-3,12-14H2,1H3. The van der Waals surface area contributed by atoms with E-state index in [9.17, 15) is 0 Å². The molecule has 0 saturated carbocycles. The van der Waals surface area contributed by atoms with Gasteiger partial charge in [0.2, 0.25) is 5.82 Å². The predicted octanol–water partition coefficient (Wildman–Crippen LogP) is 3.65. The number of methoxy groups -OCH3 is 1. The van der Waals surface area contributed by atoms with Crippen molar-refractivity contribution >= 4 is 6.01 Å². The highest BCUT2D eigenvalue weighted by Crippen LogP contribution is 2.24. The Hall–Kier alpha value is -3.68. The maximum absolute atomic E-state index is 5.42. The molecule has 30 heavy (non-hydrogen) atoms. The van der Waals surface area contributed by atoms with Crippen LogP contribution in [0, 0.1) is 0 Å². The Balaban J connectivity index is 1.26. The van der Waals surface area contributed by atoms with Crippen LogP contribution >= 0.6 is 0 Å². The van der Waals surface area contributed by atoms with E-state index >= 15 is 0 Å². The summed E-state index contributed by atoms with van der Waals surface area (Å²) < 4.78 is 12.5. The molecule has 1 aliphatic rings. The minimum atomic E-state index is 0.611. The predicted molar refractivity (Wildman–Crippen MR) is 112 cm³/mol. The number of rotatable bonds is 6. The van der Waals surface area contributed by atoms with E-state index in [0.29, 0.717) is 18.4 Å². The fraction of sp³-hybridized carbons (Fsp3) is 0.273. The molecule has 4 aromatic rings. The van der Waals surface area contributed by atoms with Crippen LogP contribution in [0.3, 0.4) is 0 Å². The summed E-state index contributed by atoms with van der Waals surface area (Å²) in [6, 6.07) is 16.5. The first-order valence-electron chi connectivity index (χ1n) is 10.0. The number of ether oxygens (including phenoxy) is 1. The number of anilines is 1. The van der Waals surface area contributed by atoms with E-state index in [0.717, 1.165) is 41.2 Å². The Morgan fingerprint density at radius 1 is 0.967 bits per heavy atom. The van der Waals surface area contributed by atoms with E-state index in [1.54, 1.807) is 7.11 Å². The van der Waals surface area contributed by atoms with Gasteiger partial charge in [0, 0.05) is 24.2 Å². The van der Waals surface area contributed by atoms with Gasteiger partial charge in [0.15, 0.2) is 0 Å². The van der Waals surface area contributed by atoms with Crippen molar-refractivity contribution in [2.24, 2.45) is 0 Å². The lowest BCUT2D eigenvalue weighted by Crippen LogP contribution is -2.17. The molecule has 0 aliphatic carbocycles. The lowest BCUT2D eigenvalue weighted by atomic mass is 10.1. The van der Waals surface area contributed by atoms with Gasteiger partial charge in [-0.1, -0.05) is 34.6 Å². The molecular formula is C22H22N6O2. The molecule has 0 atom stereocenters. The van der Waals surface area contributed by atoms with Crippen LogP contribution in [-0.4, -0.2) is 45.3 Å².